The third kappa shape index (κ3) is 6.51. The largest absolute Gasteiger partial charge is 0.461 e. The minimum absolute atomic E-state index is 0.0630. The highest BCUT2D eigenvalue weighted by atomic mass is 16.5. The Bertz CT molecular complexity index is 760. The average Bonchev–Trinajstić information content (AvgIpc) is 2.64. The zero-order valence-corrected chi connectivity index (χ0v) is 15.0. The van der Waals surface area contributed by atoms with Gasteiger partial charge in [-0.25, -0.2) is 0 Å². The van der Waals surface area contributed by atoms with Crippen LogP contribution >= 0.6 is 0 Å². The van der Waals surface area contributed by atoms with Crippen molar-refractivity contribution in [2.75, 3.05) is 0 Å². The summed E-state index contributed by atoms with van der Waals surface area (Å²) in [5.74, 6) is -0.574. The predicted octanol–water partition coefficient (Wildman–Crippen LogP) is 3.63. The summed E-state index contributed by atoms with van der Waals surface area (Å²) in [5.41, 5.74) is 3.46. The van der Waals surface area contributed by atoms with Crippen LogP contribution in [0.5, 0.6) is 0 Å². The maximum Gasteiger partial charge on any atom is 0.302 e. The minimum Gasteiger partial charge on any atom is -0.461 e. The molecule has 0 unspecified atom stereocenters. The number of esters is 2. The molecule has 0 heterocycles. The van der Waals surface area contributed by atoms with E-state index in [0.29, 0.717) is 18.4 Å². The van der Waals surface area contributed by atoms with Gasteiger partial charge in [-0.2, -0.15) is 0 Å². The molecule has 0 radical (unpaired) electrons. The highest BCUT2D eigenvalue weighted by Crippen LogP contribution is 2.12. The van der Waals surface area contributed by atoms with Gasteiger partial charge in [0.1, 0.15) is 13.2 Å². The van der Waals surface area contributed by atoms with Gasteiger partial charge in [-0.3, -0.25) is 14.4 Å². The molecule has 0 aliphatic heterocycles. The second-order valence-corrected chi connectivity index (χ2v) is 6.00. The third-order valence-electron chi connectivity index (χ3n) is 3.82. The summed E-state index contributed by atoms with van der Waals surface area (Å²) in [7, 11) is 0. The standard InChI is InChI=1S/C21H22O5/c1-15(22)25-13-18-5-3-17(4-6-18)9-12-21(24)20-10-7-19(8-11-20)14-26-16(2)23/h3-8,10-11H,9,12-14H2,1-2H3. The van der Waals surface area contributed by atoms with Crippen LogP contribution in [0.1, 0.15) is 47.3 Å². The van der Waals surface area contributed by atoms with Gasteiger partial charge < -0.3 is 9.47 Å². The van der Waals surface area contributed by atoms with Crippen molar-refractivity contribution in [2.45, 2.75) is 39.9 Å². The first-order valence-corrected chi connectivity index (χ1v) is 8.40. The van der Waals surface area contributed by atoms with Gasteiger partial charge in [0.15, 0.2) is 5.78 Å². The second kappa shape index (κ2) is 9.51. The number of carbonyl (C=O) groups is 3. The Labute approximate surface area is 152 Å². The lowest BCUT2D eigenvalue weighted by Gasteiger charge is -2.06. The molecule has 2 aromatic rings. The molecule has 0 fully saturated rings. The molecule has 0 saturated carbocycles. The maximum absolute atomic E-state index is 12.3. The summed E-state index contributed by atoms with van der Waals surface area (Å²) in [6, 6.07) is 14.8. The summed E-state index contributed by atoms with van der Waals surface area (Å²) in [4.78, 5) is 33.9. The molecule has 0 aliphatic rings. The normalized spacial score (nSPS) is 10.2. The fraction of sp³-hybridized carbons (Fsp3) is 0.286. The zero-order chi connectivity index (χ0) is 18.9. The number of carbonyl (C=O) groups excluding carboxylic acids is 3. The molecule has 0 saturated heterocycles. The lowest BCUT2D eigenvalue weighted by atomic mass is 10.0. The Morgan fingerprint density at radius 1 is 0.692 bits per heavy atom. The van der Waals surface area contributed by atoms with E-state index in [-0.39, 0.29) is 30.9 Å². The Morgan fingerprint density at radius 3 is 1.58 bits per heavy atom. The van der Waals surface area contributed by atoms with E-state index in [1.807, 2.05) is 24.3 Å². The van der Waals surface area contributed by atoms with Gasteiger partial charge in [-0.05, 0) is 23.1 Å². The quantitative estimate of drug-likeness (QED) is 0.535. The van der Waals surface area contributed by atoms with Crippen LogP contribution in [0.25, 0.3) is 0 Å². The molecule has 0 atom stereocenters. The van der Waals surface area contributed by atoms with Crippen LogP contribution in [0.15, 0.2) is 48.5 Å². The van der Waals surface area contributed by atoms with E-state index in [0.717, 1.165) is 16.7 Å². The molecule has 136 valence electrons. The van der Waals surface area contributed by atoms with Gasteiger partial charge >= 0.3 is 11.9 Å². The van der Waals surface area contributed by atoms with Crippen LogP contribution in [-0.4, -0.2) is 17.7 Å². The average molecular weight is 354 g/mol. The number of ketones is 1. The van der Waals surface area contributed by atoms with Crippen molar-refractivity contribution < 1.29 is 23.9 Å². The molecule has 0 amide bonds. The smallest absolute Gasteiger partial charge is 0.302 e. The summed E-state index contributed by atoms with van der Waals surface area (Å²) >= 11 is 0. The van der Waals surface area contributed by atoms with E-state index < -0.39 is 0 Å². The first-order chi connectivity index (χ1) is 12.4. The number of Topliss-reactive ketones (excluding diaryl/α,β-unsaturated/α-hetero) is 1. The van der Waals surface area contributed by atoms with Crippen LogP contribution in [0.2, 0.25) is 0 Å². The molecular formula is C21H22O5. The molecule has 2 rings (SSSR count). The predicted molar refractivity (Wildman–Crippen MR) is 96.5 cm³/mol. The van der Waals surface area contributed by atoms with Crippen molar-refractivity contribution in [1.82, 2.24) is 0 Å². The van der Waals surface area contributed by atoms with E-state index in [4.69, 9.17) is 9.47 Å². The van der Waals surface area contributed by atoms with Gasteiger partial charge in [-0.1, -0.05) is 48.5 Å². The zero-order valence-electron chi connectivity index (χ0n) is 15.0. The lowest BCUT2D eigenvalue weighted by Crippen LogP contribution is -2.03. The topological polar surface area (TPSA) is 69.7 Å². The van der Waals surface area contributed by atoms with Gasteiger partial charge in [0.05, 0.1) is 0 Å². The van der Waals surface area contributed by atoms with Crippen molar-refractivity contribution in [2.24, 2.45) is 0 Å². The summed E-state index contributed by atoms with van der Waals surface area (Å²) in [5, 5.41) is 0. The van der Waals surface area contributed by atoms with E-state index in [1.54, 1.807) is 24.3 Å². The third-order valence-corrected chi connectivity index (χ3v) is 3.82. The van der Waals surface area contributed by atoms with Crippen LogP contribution in [0.4, 0.5) is 0 Å². The number of ether oxygens (including phenoxy) is 2. The highest BCUT2D eigenvalue weighted by molar-refractivity contribution is 5.96. The van der Waals surface area contributed by atoms with Crippen molar-refractivity contribution in [3.63, 3.8) is 0 Å². The van der Waals surface area contributed by atoms with Crippen LogP contribution in [-0.2, 0) is 38.7 Å². The van der Waals surface area contributed by atoms with Crippen molar-refractivity contribution in [3.05, 3.63) is 70.8 Å². The Kier molecular flexibility index (Phi) is 7.09. The molecule has 0 spiro atoms. The first-order valence-electron chi connectivity index (χ1n) is 8.40. The number of benzene rings is 2. The molecule has 5 heteroatoms. The van der Waals surface area contributed by atoms with Gasteiger partial charge in [0, 0.05) is 25.8 Å². The van der Waals surface area contributed by atoms with E-state index in [9.17, 15) is 14.4 Å². The monoisotopic (exact) mass is 354 g/mol. The summed E-state index contributed by atoms with van der Waals surface area (Å²) in [6.07, 6.45) is 1.05. The SMILES string of the molecule is CC(=O)OCc1ccc(CCC(=O)c2ccc(COC(C)=O)cc2)cc1. The van der Waals surface area contributed by atoms with Crippen LogP contribution in [0.3, 0.4) is 0 Å². The van der Waals surface area contributed by atoms with E-state index >= 15 is 0 Å². The number of aryl methyl sites for hydroxylation is 1. The van der Waals surface area contributed by atoms with Gasteiger partial charge in [0.2, 0.25) is 0 Å². The van der Waals surface area contributed by atoms with Crippen LogP contribution < -0.4 is 0 Å². The molecule has 0 aliphatic carbocycles. The van der Waals surface area contributed by atoms with Gasteiger partial charge in [0.25, 0.3) is 0 Å². The fourth-order valence-electron chi connectivity index (χ4n) is 2.36. The number of rotatable bonds is 8. The fourth-order valence-corrected chi connectivity index (χ4v) is 2.36. The second-order valence-electron chi connectivity index (χ2n) is 6.00. The minimum atomic E-state index is -0.330. The van der Waals surface area contributed by atoms with Crippen molar-refractivity contribution >= 4 is 17.7 Å². The lowest BCUT2D eigenvalue weighted by molar-refractivity contribution is -0.143. The first kappa shape index (κ1) is 19.4. The summed E-state index contributed by atoms with van der Waals surface area (Å²) < 4.78 is 9.87. The Hall–Kier alpha value is -2.95. The number of hydrogen-bond donors (Lipinski definition) is 0. The Balaban J connectivity index is 1.84. The summed E-state index contributed by atoms with van der Waals surface area (Å²) in [6.45, 7) is 3.21. The molecule has 5 nitrogen and oxygen atoms in total. The Morgan fingerprint density at radius 2 is 1.12 bits per heavy atom. The maximum atomic E-state index is 12.3. The molecule has 2 aromatic carbocycles. The van der Waals surface area contributed by atoms with Crippen molar-refractivity contribution in [3.8, 4) is 0 Å². The van der Waals surface area contributed by atoms with Gasteiger partial charge in [-0.15, -0.1) is 0 Å². The van der Waals surface area contributed by atoms with Crippen molar-refractivity contribution in [1.29, 1.82) is 0 Å². The van der Waals surface area contributed by atoms with E-state index in [1.165, 1.54) is 13.8 Å². The number of hydrogen-bond acceptors (Lipinski definition) is 5. The van der Waals surface area contributed by atoms with Crippen LogP contribution in [0, 0.1) is 0 Å². The van der Waals surface area contributed by atoms with E-state index in [2.05, 4.69) is 0 Å². The molecule has 26 heavy (non-hydrogen) atoms. The molecular weight excluding hydrogens is 332 g/mol. The molecule has 0 bridgehead atoms. The molecule has 0 N–H and O–H groups in total. The highest BCUT2D eigenvalue weighted by Gasteiger charge is 2.07. The molecule has 0 aromatic heterocycles.